The maximum Gasteiger partial charge on any atom is 0.263 e. The van der Waals surface area contributed by atoms with Gasteiger partial charge in [-0.3, -0.25) is 9.69 Å². The van der Waals surface area contributed by atoms with Gasteiger partial charge >= 0.3 is 0 Å². The molecule has 2 aromatic rings. The van der Waals surface area contributed by atoms with Crippen LogP contribution in [0.1, 0.15) is 10.4 Å². The SMILES string of the molecule is COc1cc(N)c(Cl)cc1C(=O)N(C)c1nccs1. The maximum atomic E-state index is 12.4. The third-order valence-electron chi connectivity index (χ3n) is 2.56. The highest BCUT2D eigenvalue weighted by molar-refractivity contribution is 7.13. The lowest BCUT2D eigenvalue weighted by molar-refractivity contribution is 0.0990. The standard InChI is InChI=1S/C12H12ClN3O2S/c1-16(12-15-3-4-19-12)11(17)7-5-8(13)9(14)6-10(7)18-2/h3-6H,14H2,1-2H3. The number of hydrogen-bond acceptors (Lipinski definition) is 5. The smallest absolute Gasteiger partial charge is 0.263 e. The fraction of sp³-hybridized carbons (Fsp3) is 0.167. The first-order valence-corrected chi connectivity index (χ1v) is 6.61. The number of halogens is 1. The molecule has 0 spiro atoms. The number of rotatable bonds is 3. The van der Waals surface area contributed by atoms with Gasteiger partial charge in [0.05, 0.1) is 23.4 Å². The highest BCUT2D eigenvalue weighted by atomic mass is 35.5. The predicted octanol–water partition coefficient (Wildman–Crippen LogP) is 2.66. The molecule has 1 aromatic heterocycles. The minimum atomic E-state index is -0.256. The number of amides is 1. The number of hydrogen-bond donors (Lipinski definition) is 1. The zero-order valence-electron chi connectivity index (χ0n) is 10.4. The van der Waals surface area contributed by atoms with Crippen molar-refractivity contribution in [2.24, 2.45) is 0 Å². The number of nitrogen functional groups attached to an aromatic ring is 1. The Kier molecular flexibility index (Phi) is 3.92. The number of aromatic nitrogens is 1. The summed E-state index contributed by atoms with van der Waals surface area (Å²) in [5.74, 6) is 0.129. The van der Waals surface area contributed by atoms with Gasteiger partial charge in [0, 0.05) is 24.7 Å². The van der Waals surface area contributed by atoms with Crippen molar-refractivity contribution < 1.29 is 9.53 Å². The van der Waals surface area contributed by atoms with Crippen molar-refractivity contribution in [3.63, 3.8) is 0 Å². The molecule has 0 aliphatic heterocycles. The Labute approximate surface area is 119 Å². The molecule has 0 radical (unpaired) electrons. The summed E-state index contributed by atoms with van der Waals surface area (Å²) in [6.45, 7) is 0. The van der Waals surface area contributed by atoms with E-state index in [-0.39, 0.29) is 5.91 Å². The molecular formula is C12H12ClN3O2S. The van der Waals surface area contributed by atoms with Crippen molar-refractivity contribution in [2.75, 3.05) is 24.8 Å². The third-order valence-corrected chi connectivity index (χ3v) is 3.74. The molecule has 1 aromatic carbocycles. The number of nitrogens with zero attached hydrogens (tertiary/aromatic N) is 2. The van der Waals surface area contributed by atoms with Gasteiger partial charge in [-0.05, 0) is 6.07 Å². The van der Waals surface area contributed by atoms with Gasteiger partial charge in [-0.2, -0.15) is 0 Å². The fourth-order valence-corrected chi connectivity index (χ4v) is 2.32. The van der Waals surface area contributed by atoms with E-state index in [1.807, 2.05) is 0 Å². The van der Waals surface area contributed by atoms with Crippen LogP contribution in [0.15, 0.2) is 23.7 Å². The largest absolute Gasteiger partial charge is 0.496 e. The molecule has 0 bridgehead atoms. The molecule has 0 saturated carbocycles. The molecule has 0 saturated heterocycles. The predicted molar refractivity (Wildman–Crippen MR) is 77.3 cm³/mol. The third kappa shape index (κ3) is 2.64. The van der Waals surface area contributed by atoms with Gasteiger partial charge in [0.25, 0.3) is 5.91 Å². The Morgan fingerprint density at radius 3 is 2.84 bits per heavy atom. The number of thiazole rings is 1. The van der Waals surface area contributed by atoms with Gasteiger partial charge in [-0.1, -0.05) is 11.6 Å². The van der Waals surface area contributed by atoms with Crippen LogP contribution in [0.2, 0.25) is 5.02 Å². The quantitative estimate of drug-likeness (QED) is 0.884. The zero-order chi connectivity index (χ0) is 14.0. The number of carbonyl (C=O) groups is 1. The number of carbonyl (C=O) groups excluding carboxylic acids is 1. The second-order valence-electron chi connectivity index (χ2n) is 3.75. The van der Waals surface area contributed by atoms with Gasteiger partial charge in [0.2, 0.25) is 0 Å². The van der Waals surface area contributed by atoms with Crippen LogP contribution >= 0.6 is 22.9 Å². The van der Waals surface area contributed by atoms with Crippen molar-refractivity contribution in [3.05, 3.63) is 34.3 Å². The summed E-state index contributed by atoms with van der Waals surface area (Å²) in [5, 5.41) is 2.71. The van der Waals surface area contributed by atoms with Crippen molar-refractivity contribution in [2.45, 2.75) is 0 Å². The molecule has 0 atom stereocenters. The van der Waals surface area contributed by atoms with Crippen LogP contribution in [-0.2, 0) is 0 Å². The molecule has 0 aliphatic carbocycles. The van der Waals surface area contributed by atoms with E-state index >= 15 is 0 Å². The number of ether oxygens (including phenoxy) is 1. The van der Waals surface area contributed by atoms with E-state index in [9.17, 15) is 4.79 Å². The Bertz CT molecular complexity index is 601. The van der Waals surface area contributed by atoms with E-state index in [4.69, 9.17) is 22.1 Å². The van der Waals surface area contributed by atoms with E-state index in [2.05, 4.69) is 4.98 Å². The van der Waals surface area contributed by atoms with Gasteiger partial charge in [-0.15, -0.1) is 11.3 Å². The Hall–Kier alpha value is -1.79. The summed E-state index contributed by atoms with van der Waals surface area (Å²) < 4.78 is 5.17. The Morgan fingerprint density at radius 2 is 2.26 bits per heavy atom. The summed E-state index contributed by atoms with van der Waals surface area (Å²) in [7, 11) is 3.12. The molecule has 5 nitrogen and oxygen atoms in total. The summed E-state index contributed by atoms with van der Waals surface area (Å²) in [5.41, 5.74) is 6.40. The lowest BCUT2D eigenvalue weighted by Crippen LogP contribution is -2.26. The monoisotopic (exact) mass is 297 g/mol. The molecule has 2 rings (SSSR count). The van der Waals surface area contributed by atoms with Gasteiger partial charge in [0.1, 0.15) is 5.75 Å². The van der Waals surface area contributed by atoms with Gasteiger partial charge < -0.3 is 10.5 Å². The molecule has 100 valence electrons. The summed E-state index contributed by atoms with van der Waals surface area (Å²) in [4.78, 5) is 17.9. The van der Waals surface area contributed by atoms with Crippen LogP contribution in [-0.4, -0.2) is 25.0 Å². The van der Waals surface area contributed by atoms with Crippen molar-refractivity contribution in [3.8, 4) is 5.75 Å². The van der Waals surface area contributed by atoms with E-state index in [1.165, 1.54) is 35.5 Å². The first kappa shape index (κ1) is 13.6. The number of methoxy groups -OCH3 is 1. The van der Waals surface area contributed by atoms with Crippen LogP contribution in [0.25, 0.3) is 0 Å². The number of anilines is 2. The average Bonchev–Trinajstić information content (AvgIpc) is 2.93. The van der Waals surface area contributed by atoms with E-state index in [0.717, 1.165) is 0 Å². The van der Waals surface area contributed by atoms with Crippen molar-refractivity contribution in [1.82, 2.24) is 4.98 Å². The van der Waals surface area contributed by atoms with E-state index in [0.29, 0.717) is 27.2 Å². The molecular weight excluding hydrogens is 286 g/mol. The molecule has 2 N–H and O–H groups in total. The summed E-state index contributed by atoms with van der Waals surface area (Å²) in [6.07, 6.45) is 1.64. The Morgan fingerprint density at radius 1 is 1.53 bits per heavy atom. The second kappa shape index (κ2) is 5.46. The molecule has 7 heteroatoms. The number of benzene rings is 1. The number of nitrogens with two attached hydrogens (primary N) is 1. The Balaban J connectivity index is 2.41. The molecule has 19 heavy (non-hydrogen) atoms. The van der Waals surface area contributed by atoms with E-state index < -0.39 is 0 Å². The fourth-order valence-electron chi connectivity index (χ4n) is 1.55. The van der Waals surface area contributed by atoms with Crippen LogP contribution in [0.3, 0.4) is 0 Å². The first-order valence-electron chi connectivity index (χ1n) is 5.35. The van der Waals surface area contributed by atoms with Crippen LogP contribution in [0, 0.1) is 0 Å². The lowest BCUT2D eigenvalue weighted by atomic mass is 10.1. The van der Waals surface area contributed by atoms with Crippen LogP contribution < -0.4 is 15.4 Å². The molecule has 1 amide bonds. The second-order valence-corrected chi connectivity index (χ2v) is 5.03. The molecule has 0 fully saturated rings. The maximum absolute atomic E-state index is 12.4. The summed E-state index contributed by atoms with van der Waals surface area (Å²) in [6, 6.07) is 3.04. The topological polar surface area (TPSA) is 68.5 Å². The highest BCUT2D eigenvalue weighted by Crippen LogP contribution is 2.30. The van der Waals surface area contributed by atoms with Crippen molar-refractivity contribution in [1.29, 1.82) is 0 Å². The van der Waals surface area contributed by atoms with Crippen molar-refractivity contribution >= 4 is 39.7 Å². The summed E-state index contributed by atoms with van der Waals surface area (Å²) >= 11 is 7.32. The molecule has 1 heterocycles. The minimum Gasteiger partial charge on any atom is -0.496 e. The molecule has 0 unspecified atom stereocenters. The zero-order valence-corrected chi connectivity index (χ0v) is 12.0. The van der Waals surface area contributed by atoms with E-state index in [1.54, 1.807) is 18.6 Å². The van der Waals surface area contributed by atoms with Gasteiger partial charge in [0.15, 0.2) is 5.13 Å². The normalized spacial score (nSPS) is 10.3. The molecule has 0 aliphatic rings. The average molecular weight is 298 g/mol. The van der Waals surface area contributed by atoms with Gasteiger partial charge in [-0.25, -0.2) is 4.98 Å². The van der Waals surface area contributed by atoms with Crippen LogP contribution in [0.4, 0.5) is 10.8 Å². The highest BCUT2D eigenvalue weighted by Gasteiger charge is 2.20. The lowest BCUT2D eigenvalue weighted by Gasteiger charge is -2.16. The first-order chi connectivity index (χ1) is 9.04. The van der Waals surface area contributed by atoms with Crippen LogP contribution in [0.5, 0.6) is 5.75 Å². The minimum absolute atomic E-state index is 0.256.